The van der Waals surface area contributed by atoms with Crippen LogP contribution in [-0.2, 0) is 11.2 Å². The number of hydrogen-bond donors (Lipinski definition) is 0. The molecule has 2 aromatic rings. The predicted octanol–water partition coefficient (Wildman–Crippen LogP) is 3.30. The fourth-order valence-electron chi connectivity index (χ4n) is 3.57. The van der Waals surface area contributed by atoms with Crippen molar-refractivity contribution in [1.29, 1.82) is 0 Å². The van der Waals surface area contributed by atoms with Crippen LogP contribution in [0, 0.1) is 0 Å². The molecule has 1 heterocycles. The van der Waals surface area contributed by atoms with Crippen molar-refractivity contribution in [3.63, 3.8) is 0 Å². The molecule has 2 atom stereocenters. The van der Waals surface area contributed by atoms with Crippen LogP contribution in [0.2, 0.25) is 0 Å². The minimum atomic E-state index is 0.0701. The molecule has 0 spiro atoms. The van der Waals surface area contributed by atoms with Crippen molar-refractivity contribution in [2.75, 3.05) is 4.90 Å². The lowest BCUT2D eigenvalue weighted by molar-refractivity contribution is -0.114. The van der Waals surface area contributed by atoms with Crippen LogP contribution in [0.5, 0.6) is 0 Å². The lowest BCUT2D eigenvalue weighted by Gasteiger charge is -2.23. The highest BCUT2D eigenvalue weighted by atomic mass is 16.2. The largest absolute Gasteiger partial charge is 0.304 e. The Morgan fingerprint density at radius 2 is 1.70 bits per heavy atom. The highest BCUT2D eigenvalue weighted by Crippen LogP contribution is 2.47. The molecule has 0 N–H and O–H groups in total. The van der Waals surface area contributed by atoms with Gasteiger partial charge in [0, 0.05) is 17.2 Å². The van der Waals surface area contributed by atoms with Gasteiger partial charge >= 0.3 is 0 Å². The zero-order valence-corrected chi connectivity index (χ0v) is 11.1. The number of fused-ring (bicyclic) bond motifs is 3. The van der Waals surface area contributed by atoms with Gasteiger partial charge in [0.1, 0.15) is 0 Å². The van der Waals surface area contributed by atoms with Crippen molar-refractivity contribution in [2.24, 2.45) is 0 Å². The van der Waals surface area contributed by atoms with Gasteiger partial charge in [-0.3, -0.25) is 4.79 Å². The monoisotopic (exact) mass is 261 g/mol. The van der Waals surface area contributed by atoms with Crippen molar-refractivity contribution in [2.45, 2.75) is 18.4 Å². The number of rotatable bonds is 1. The lowest BCUT2D eigenvalue weighted by Crippen LogP contribution is -2.34. The van der Waals surface area contributed by atoms with E-state index in [1.54, 1.807) is 0 Å². The highest BCUT2D eigenvalue weighted by Gasteiger charge is 2.48. The van der Waals surface area contributed by atoms with Gasteiger partial charge in [-0.05, 0) is 29.7 Å². The average molecular weight is 261 g/mol. The van der Waals surface area contributed by atoms with E-state index in [1.165, 1.54) is 11.1 Å². The second kappa shape index (κ2) is 4.07. The summed E-state index contributed by atoms with van der Waals surface area (Å²) in [4.78, 5) is 14.5. The Hall–Kier alpha value is -2.35. The van der Waals surface area contributed by atoms with Crippen molar-refractivity contribution >= 4 is 11.6 Å². The van der Waals surface area contributed by atoms with E-state index >= 15 is 0 Å². The van der Waals surface area contributed by atoms with E-state index in [9.17, 15) is 4.79 Å². The molecule has 4 rings (SSSR count). The normalized spacial score (nSPS) is 23.9. The van der Waals surface area contributed by atoms with Crippen molar-refractivity contribution < 1.29 is 4.79 Å². The molecule has 1 fully saturated rings. The maximum Gasteiger partial charge on any atom is 0.254 e. The molecule has 1 amide bonds. The number of amides is 1. The Bertz CT molecular complexity index is 698. The van der Waals surface area contributed by atoms with Gasteiger partial charge in [0.15, 0.2) is 0 Å². The van der Waals surface area contributed by atoms with Crippen LogP contribution in [0.3, 0.4) is 0 Å². The number of hydrogen-bond acceptors (Lipinski definition) is 1. The minimum Gasteiger partial charge on any atom is -0.304 e. The zero-order chi connectivity index (χ0) is 13.7. The molecule has 0 saturated carbocycles. The summed E-state index contributed by atoms with van der Waals surface area (Å²) in [5.41, 5.74) is 4.31. The summed E-state index contributed by atoms with van der Waals surface area (Å²) in [6.07, 6.45) is 0.917. The van der Waals surface area contributed by atoms with Gasteiger partial charge in [0.25, 0.3) is 5.91 Å². The maximum atomic E-state index is 12.6. The Labute approximate surface area is 118 Å². The van der Waals surface area contributed by atoms with Crippen LogP contribution in [0.25, 0.3) is 0 Å². The quantitative estimate of drug-likeness (QED) is 0.721. The molecule has 0 bridgehead atoms. The van der Waals surface area contributed by atoms with E-state index in [2.05, 4.69) is 24.8 Å². The molecular formula is C18H15NO. The number of nitrogens with zero attached hydrogens (tertiary/aromatic N) is 1. The van der Waals surface area contributed by atoms with Crippen LogP contribution in [0.1, 0.15) is 17.0 Å². The Kier molecular flexibility index (Phi) is 2.34. The number of benzene rings is 2. The van der Waals surface area contributed by atoms with Crippen LogP contribution < -0.4 is 4.90 Å². The molecule has 2 heteroatoms. The van der Waals surface area contributed by atoms with Crippen molar-refractivity contribution in [1.82, 2.24) is 0 Å². The van der Waals surface area contributed by atoms with Gasteiger partial charge < -0.3 is 4.90 Å². The topological polar surface area (TPSA) is 20.3 Å². The smallest absolute Gasteiger partial charge is 0.254 e. The summed E-state index contributed by atoms with van der Waals surface area (Å²) in [5, 5.41) is 0. The standard InChI is InChI=1S/C18H15NO/c1-12-17-15-10-6-5-7-13(15)11-16(17)19(18(12)20)14-8-3-2-4-9-14/h2-10,16-17H,1,11H2. The van der Waals surface area contributed by atoms with Gasteiger partial charge in [-0.25, -0.2) is 0 Å². The first kappa shape index (κ1) is 11.5. The van der Waals surface area contributed by atoms with Gasteiger partial charge in [-0.1, -0.05) is 49.0 Å². The van der Waals surface area contributed by atoms with Crippen LogP contribution >= 0.6 is 0 Å². The molecule has 2 aromatic carbocycles. The second-order valence-electron chi connectivity index (χ2n) is 5.48. The molecule has 0 aromatic heterocycles. The maximum absolute atomic E-state index is 12.6. The summed E-state index contributed by atoms with van der Waals surface area (Å²) in [6, 6.07) is 18.5. The molecular weight excluding hydrogens is 246 g/mol. The third-order valence-corrected chi connectivity index (χ3v) is 4.44. The number of carbonyl (C=O) groups is 1. The van der Waals surface area contributed by atoms with Gasteiger partial charge in [-0.15, -0.1) is 0 Å². The summed E-state index contributed by atoms with van der Waals surface area (Å²) >= 11 is 0. The summed E-state index contributed by atoms with van der Waals surface area (Å²) in [6.45, 7) is 4.06. The van der Waals surface area contributed by atoms with E-state index < -0.39 is 0 Å². The van der Waals surface area contributed by atoms with Crippen molar-refractivity contribution in [3.05, 3.63) is 77.9 Å². The average Bonchev–Trinajstić information content (AvgIpc) is 2.96. The molecule has 20 heavy (non-hydrogen) atoms. The molecule has 1 aliphatic carbocycles. The molecule has 2 aliphatic rings. The van der Waals surface area contributed by atoms with E-state index in [-0.39, 0.29) is 17.9 Å². The van der Waals surface area contributed by atoms with E-state index in [0.717, 1.165) is 17.7 Å². The fourth-order valence-corrected chi connectivity index (χ4v) is 3.57. The second-order valence-corrected chi connectivity index (χ2v) is 5.48. The first-order valence-electron chi connectivity index (χ1n) is 6.92. The van der Waals surface area contributed by atoms with E-state index in [0.29, 0.717) is 0 Å². The van der Waals surface area contributed by atoms with Gasteiger partial charge in [-0.2, -0.15) is 0 Å². The molecule has 0 radical (unpaired) electrons. The molecule has 2 nitrogen and oxygen atoms in total. The third kappa shape index (κ3) is 1.42. The number of para-hydroxylation sites is 1. The zero-order valence-electron chi connectivity index (χ0n) is 11.1. The Morgan fingerprint density at radius 1 is 1.00 bits per heavy atom. The lowest BCUT2D eigenvalue weighted by atomic mass is 9.94. The number of carbonyl (C=O) groups excluding carboxylic acids is 1. The molecule has 1 aliphatic heterocycles. The first-order valence-corrected chi connectivity index (χ1v) is 6.92. The van der Waals surface area contributed by atoms with Gasteiger partial charge in [0.2, 0.25) is 0 Å². The highest BCUT2D eigenvalue weighted by molar-refractivity contribution is 6.10. The summed E-state index contributed by atoms with van der Waals surface area (Å²) in [5.74, 6) is 0.222. The Morgan fingerprint density at radius 3 is 2.50 bits per heavy atom. The third-order valence-electron chi connectivity index (χ3n) is 4.44. The molecule has 2 unspecified atom stereocenters. The predicted molar refractivity (Wildman–Crippen MR) is 79.7 cm³/mol. The molecule has 98 valence electrons. The van der Waals surface area contributed by atoms with Crippen LogP contribution in [-0.4, -0.2) is 11.9 Å². The van der Waals surface area contributed by atoms with E-state index in [4.69, 9.17) is 0 Å². The van der Waals surface area contributed by atoms with Crippen LogP contribution in [0.4, 0.5) is 5.69 Å². The number of anilines is 1. The summed E-state index contributed by atoms with van der Waals surface area (Å²) < 4.78 is 0. The first-order chi connectivity index (χ1) is 9.77. The summed E-state index contributed by atoms with van der Waals surface area (Å²) in [7, 11) is 0. The fraction of sp³-hybridized carbons (Fsp3) is 0.167. The van der Waals surface area contributed by atoms with Crippen molar-refractivity contribution in [3.8, 4) is 0 Å². The SMILES string of the molecule is C=C1C(=O)N(c2ccccc2)C2Cc3ccccc3C12. The Balaban J connectivity index is 1.83. The van der Waals surface area contributed by atoms with Gasteiger partial charge in [0.05, 0.1) is 6.04 Å². The van der Waals surface area contributed by atoms with Crippen LogP contribution in [0.15, 0.2) is 66.7 Å². The van der Waals surface area contributed by atoms with E-state index in [1.807, 2.05) is 41.3 Å². The molecule has 1 saturated heterocycles. The minimum absolute atomic E-state index is 0.0701.